The summed E-state index contributed by atoms with van der Waals surface area (Å²) in [4.78, 5) is 14.3. The summed E-state index contributed by atoms with van der Waals surface area (Å²) < 4.78 is 14.6. The number of hydrogen-bond donors (Lipinski definition) is 2. The molecule has 25 heavy (non-hydrogen) atoms. The van der Waals surface area contributed by atoms with Gasteiger partial charge in [-0.25, -0.2) is 9.07 Å². The fourth-order valence-corrected chi connectivity index (χ4v) is 3.04. The highest BCUT2D eigenvalue weighted by Crippen LogP contribution is 2.24. The van der Waals surface area contributed by atoms with Crippen molar-refractivity contribution in [2.45, 2.75) is 19.8 Å². The maximum absolute atomic E-state index is 13.2. The minimum atomic E-state index is -0.341. The number of nitrogens with two attached hydrogens (primary N) is 1. The van der Waals surface area contributed by atoms with E-state index in [-0.39, 0.29) is 35.6 Å². The van der Waals surface area contributed by atoms with E-state index >= 15 is 0 Å². The van der Waals surface area contributed by atoms with Crippen molar-refractivity contribution in [1.82, 2.24) is 14.7 Å². The third-order valence-corrected chi connectivity index (χ3v) is 4.54. The van der Waals surface area contributed by atoms with E-state index in [9.17, 15) is 14.3 Å². The number of hydrogen-bond acceptors (Lipinski definition) is 4. The van der Waals surface area contributed by atoms with Gasteiger partial charge in [0.1, 0.15) is 5.82 Å². The standard InChI is InChI=1S/C17H21FN4O2.ClH/c1-11-8-13(18)2-3-14(11)22-10-15(23)16(20-22)17(24)21-6-4-12(9-19)5-7-21;/h2-3,8,10,12,23H,4-7,9,19H2,1H3;1H. The van der Waals surface area contributed by atoms with E-state index in [1.807, 2.05) is 0 Å². The van der Waals surface area contributed by atoms with E-state index in [4.69, 9.17) is 5.73 Å². The van der Waals surface area contributed by atoms with Crippen LogP contribution in [0.15, 0.2) is 24.4 Å². The van der Waals surface area contributed by atoms with Crippen LogP contribution in [0.3, 0.4) is 0 Å². The van der Waals surface area contributed by atoms with Crippen molar-refractivity contribution in [3.05, 3.63) is 41.5 Å². The second-order valence-electron chi connectivity index (χ2n) is 6.21. The molecule has 8 heteroatoms. The largest absolute Gasteiger partial charge is 0.504 e. The molecule has 6 nitrogen and oxygen atoms in total. The average molecular weight is 369 g/mol. The van der Waals surface area contributed by atoms with Crippen LogP contribution in [0.2, 0.25) is 0 Å². The Morgan fingerprint density at radius 2 is 2.08 bits per heavy atom. The maximum Gasteiger partial charge on any atom is 0.278 e. The summed E-state index contributed by atoms with van der Waals surface area (Å²) in [6.45, 7) is 3.60. The summed E-state index contributed by atoms with van der Waals surface area (Å²) in [5.41, 5.74) is 6.97. The molecule has 0 atom stereocenters. The molecule has 0 radical (unpaired) electrons. The van der Waals surface area contributed by atoms with Gasteiger partial charge < -0.3 is 15.7 Å². The zero-order valence-corrected chi connectivity index (χ0v) is 14.8. The van der Waals surface area contributed by atoms with Gasteiger partial charge in [0.05, 0.1) is 11.9 Å². The van der Waals surface area contributed by atoms with E-state index in [1.54, 1.807) is 17.9 Å². The summed E-state index contributed by atoms with van der Waals surface area (Å²) in [7, 11) is 0. The lowest BCUT2D eigenvalue weighted by atomic mass is 9.97. The molecule has 136 valence electrons. The number of rotatable bonds is 3. The Morgan fingerprint density at radius 3 is 2.68 bits per heavy atom. The molecule has 0 bridgehead atoms. The third kappa shape index (κ3) is 3.93. The predicted octanol–water partition coefficient (Wildman–Crippen LogP) is 2.26. The zero-order chi connectivity index (χ0) is 17.3. The molecule has 1 saturated heterocycles. The topological polar surface area (TPSA) is 84.4 Å². The Balaban J connectivity index is 0.00000225. The summed E-state index contributed by atoms with van der Waals surface area (Å²) >= 11 is 0. The number of aromatic hydroxyl groups is 1. The number of aromatic nitrogens is 2. The molecule has 0 spiro atoms. The molecule has 1 amide bonds. The Kier molecular flexibility index (Phi) is 6.02. The maximum atomic E-state index is 13.2. The van der Waals surface area contributed by atoms with Gasteiger partial charge in [0, 0.05) is 13.1 Å². The van der Waals surface area contributed by atoms with Crippen LogP contribution in [0.1, 0.15) is 28.9 Å². The monoisotopic (exact) mass is 368 g/mol. The van der Waals surface area contributed by atoms with Crippen LogP contribution in [0.5, 0.6) is 5.75 Å². The van der Waals surface area contributed by atoms with Crippen molar-refractivity contribution in [3.63, 3.8) is 0 Å². The molecule has 1 aliphatic heterocycles. The molecule has 3 rings (SSSR count). The third-order valence-electron chi connectivity index (χ3n) is 4.54. The number of amides is 1. The molecule has 1 fully saturated rings. The van der Waals surface area contributed by atoms with Crippen LogP contribution in [-0.2, 0) is 0 Å². The summed E-state index contributed by atoms with van der Waals surface area (Å²) in [6.07, 6.45) is 3.10. The first-order valence-corrected chi connectivity index (χ1v) is 8.04. The number of nitrogens with zero attached hydrogens (tertiary/aromatic N) is 3. The number of benzene rings is 1. The Morgan fingerprint density at radius 1 is 1.40 bits per heavy atom. The van der Waals surface area contributed by atoms with E-state index < -0.39 is 0 Å². The lowest BCUT2D eigenvalue weighted by Gasteiger charge is -2.30. The normalized spacial score (nSPS) is 15.1. The quantitative estimate of drug-likeness (QED) is 0.870. The fraction of sp³-hybridized carbons (Fsp3) is 0.412. The van der Waals surface area contributed by atoms with Gasteiger partial charge in [-0.2, -0.15) is 5.10 Å². The summed E-state index contributed by atoms with van der Waals surface area (Å²) in [6, 6.07) is 4.27. The Bertz CT molecular complexity index is 757. The fourth-order valence-electron chi connectivity index (χ4n) is 3.04. The van der Waals surface area contributed by atoms with Crippen LogP contribution in [0, 0.1) is 18.7 Å². The SMILES string of the molecule is Cc1cc(F)ccc1-n1cc(O)c(C(=O)N2CCC(CN)CC2)n1.Cl. The van der Waals surface area contributed by atoms with Gasteiger partial charge in [-0.3, -0.25) is 4.79 Å². The van der Waals surface area contributed by atoms with Gasteiger partial charge in [0.2, 0.25) is 0 Å². The highest BCUT2D eigenvalue weighted by Gasteiger charge is 2.27. The van der Waals surface area contributed by atoms with Crippen molar-refractivity contribution in [2.24, 2.45) is 11.7 Å². The Labute approximate surface area is 151 Å². The molecule has 1 aliphatic rings. The van der Waals surface area contributed by atoms with Crippen molar-refractivity contribution in [1.29, 1.82) is 0 Å². The highest BCUT2D eigenvalue weighted by molar-refractivity contribution is 5.94. The van der Waals surface area contributed by atoms with Gasteiger partial charge in [-0.15, -0.1) is 12.4 Å². The minimum absolute atomic E-state index is 0. The summed E-state index contributed by atoms with van der Waals surface area (Å²) in [5, 5.41) is 14.3. The second kappa shape index (κ2) is 7.84. The number of halogens is 2. The van der Waals surface area contributed by atoms with Crippen LogP contribution in [0.4, 0.5) is 4.39 Å². The van der Waals surface area contributed by atoms with Gasteiger partial charge >= 0.3 is 0 Å². The first-order valence-electron chi connectivity index (χ1n) is 8.04. The molecule has 0 saturated carbocycles. The van der Waals surface area contributed by atoms with Crippen LogP contribution in [0.25, 0.3) is 5.69 Å². The molecular formula is C17H22ClFN4O2. The lowest BCUT2D eigenvalue weighted by Crippen LogP contribution is -2.40. The van der Waals surface area contributed by atoms with Crippen molar-refractivity contribution < 1.29 is 14.3 Å². The molecule has 0 unspecified atom stereocenters. The molecule has 0 aliphatic carbocycles. The van der Waals surface area contributed by atoms with E-state index in [0.717, 1.165) is 12.8 Å². The zero-order valence-electron chi connectivity index (χ0n) is 14.0. The predicted molar refractivity (Wildman–Crippen MR) is 94.9 cm³/mol. The van der Waals surface area contributed by atoms with E-state index in [2.05, 4.69) is 5.10 Å². The molecule has 3 N–H and O–H groups in total. The van der Waals surface area contributed by atoms with Gasteiger partial charge in [0.25, 0.3) is 5.91 Å². The lowest BCUT2D eigenvalue weighted by molar-refractivity contribution is 0.0684. The minimum Gasteiger partial charge on any atom is -0.504 e. The highest BCUT2D eigenvalue weighted by atomic mass is 35.5. The number of aryl methyl sites for hydroxylation is 1. The van der Waals surface area contributed by atoms with Crippen LogP contribution < -0.4 is 5.73 Å². The number of likely N-dealkylation sites (tertiary alicyclic amines) is 1. The Hall–Kier alpha value is -2.12. The molecule has 1 aromatic carbocycles. The molecule has 2 aromatic rings. The summed E-state index contributed by atoms with van der Waals surface area (Å²) in [5.74, 6) is -0.361. The van der Waals surface area contributed by atoms with E-state index in [1.165, 1.54) is 23.0 Å². The molecule has 1 aromatic heterocycles. The first kappa shape index (κ1) is 19.2. The van der Waals surface area contributed by atoms with Crippen LogP contribution in [-0.4, -0.2) is 45.3 Å². The number of piperidine rings is 1. The van der Waals surface area contributed by atoms with Crippen molar-refractivity contribution >= 4 is 18.3 Å². The van der Waals surface area contributed by atoms with Gasteiger partial charge in [-0.05, 0) is 56.0 Å². The first-order chi connectivity index (χ1) is 11.5. The van der Waals surface area contributed by atoms with Gasteiger partial charge in [-0.1, -0.05) is 0 Å². The smallest absolute Gasteiger partial charge is 0.278 e. The number of carbonyl (C=O) groups is 1. The van der Waals surface area contributed by atoms with Crippen molar-refractivity contribution in [2.75, 3.05) is 19.6 Å². The van der Waals surface area contributed by atoms with Crippen LogP contribution >= 0.6 is 12.4 Å². The number of carbonyl (C=O) groups excluding carboxylic acids is 1. The molecule has 2 heterocycles. The molecular weight excluding hydrogens is 347 g/mol. The van der Waals surface area contributed by atoms with Gasteiger partial charge in [0.15, 0.2) is 11.4 Å². The average Bonchev–Trinajstić information content (AvgIpc) is 2.95. The van der Waals surface area contributed by atoms with Crippen molar-refractivity contribution in [3.8, 4) is 11.4 Å². The van der Waals surface area contributed by atoms with E-state index in [0.29, 0.717) is 36.8 Å². The second-order valence-corrected chi connectivity index (χ2v) is 6.21.